The number of nitrogens with zero attached hydrogens (tertiary/aromatic N) is 2. The lowest BCUT2D eigenvalue weighted by molar-refractivity contribution is 0.420. The summed E-state index contributed by atoms with van der Waals surface area (Å²) in [4.78, 5) is 8.08. The Kier molecular flexibility index (Phi) is 4.12. The fourth-order valence-corrected chi connectivity index (χ4v) is 1.53. The number of hydrogen-bond acceptors (Lipinski definition) is 4. The van der Waals surface area contributed by atoms with Crippen molar-refractivity contribution in [2.45, 2.75) is 32.9 Å². The van der Waals surface area contributed by atoms with Gasteiger partial charge in [-0.2, -0.15) is 0 Å². The van der Waals surface area contributed by atoms with Crippen LogP contribution in [0.15, 0.2) is 42.7 Å². The van der Waals surface area contributed by atoms with Crippen LogP contribution >= 0.6 is 0 Å². The lowest BCUT2D eigenvalue weighted by Gasteiger charge is -2.20. The zero-order chi connectivity index (χ0) is 13.7. The van der Waals surface area contributed by atoms with Crippen LogP contribution in [-0.2, 0) is 6.54 Å². The topological polar surface area (TPSA) is 47.0 Å². The quantitative estimate of drug-likeness (QED) is 0.914. The van der Waals surface area contributed by atoms with Crippen LogP contribution in [0.2, 0.25) is 0 Å². The molecule has 0 aliphatic heterocycles. The highest BCUT2D eigenvalue weighted by Gasteiger charge is 2.08. The normalized spacial score (nSPS) is 11.3. The first-order chi connectivity index (χ1) is 9.03. The summed E-state index contributed by atoms with van der Waals surface area (Å²) in [6.45, 7) is 7.23. The van der Waals surface area contributed by atoms with Gasteiger partial charge in [-0.3, -0.25) is 0 Å². The number of ether oxygens (including phenoxy) is 1. The number of rotatable bonds is 4. The minimum absolute atomic E-state index is 0.0966. The van der Waals surface area contributed by atoms with Crippen LogP contribution in [-0.4, -0.2) is 15.5 Å². The summed E-state index contributed by atoms with van der Waals surface area (Å²) in [6, 6.07) is 10.1. The second-order valence-electron chi connectivity index (χ2n) is 5.38. The third-order valence-electron chi connectivity index (χ3n) is 2.47. The lowest BCUT2D eigenvalue weighted by Crippen LogP contribution is -2.35. The number of aromatic nitrogens is 2. The van der Waals surface area contributed by atoms with Gasteiger partial charge in [0, 0.05) is 24.5 Å². The van der Waals surface area contributed by atoms with Crippen molar-refractivity contribution >= 4 is 0 Å². The van der Waals surface area contributed by atoms with Crippen LogP contribution in [0, 0.1) is 0 Å². The second kappa shape index (κ2) is 5.80. The first-order valence-corrected chi connectivity index (χ1v) is 6.32. The average molecular weight is 257 g/mol. The summed E-state index contributed by atoms with van der Waals surface area (Å²) in [5, 5.41) is 3.44. The van der Waals surface area contributed by atoms with Gasteiger partial charge in [0.2, 0.25) is 0 Å². The smallest absolute Gasteiger partial charge is 0.321 e. The standard InChI is InChI=1S/C15H19N3O/c1-15(2,3)18-11-12-6-4-7-13(10-12)19-14-16-8-5-9-17-14/h4-10,18H,11H2,1-3H3. The van der Waals surface area contributed by atoms with Gasteiger partial charge in [-0.25, -0.2) is 9.97 Å². The predicted octanol–water partition coefficient (Wildman–Crippen LogP) is 3.16. The maximum absolute atomic E-state index is 5.60. The van der Waals surface area contributed by atoms with E-state index in [9.17, 15) is 0 Å². The SMILES string of the molecule is CC(C)(C)NCc1cccc(Oc2ncccn2)c1. The molecule has 1 aromatic heterocycles. The highest BCUT2D eigenvalue weighted by Crippen LogP contribution is 2.18. The Hall–Kier alpha value is -1.94. The van der Waals surface area contributed by atoms with E-state index in [0.29, 0.717) is 6.01 Å². The van der Waals surface area contributed by atoms with Crippen molar-refractivity contribution in [1.82, 2.24) is 15.3 Å². The highest BCUT2D eigenvalue weighted by atomic mass is 16.5. The molecule has 0 saturated carbocycles. The summed E-state index contributed by atoms with van der Waals surface area (Å²) in [6.07, 6.45) is 3.32. The molecule has 2 aromatic rings. The van der Waals surface area contributed by atoms with E-state index in [1.807, 2.05) is 18.2 Å². The van der Waals surface area contributed by atoms with Crippen molar-refractivity contribution in [2.24, 2.45) is 0 Å². The molecule has 1 N–H and O–H groups in total. The fraction of sp³-hybridized carbons (Fsp3) is 0.333. The molecule has 0 unspecified atom stereocenters. The van der Waals surface area contributed by atoms with E-state index in [1.54, 1.807) is 18.5 Å². The summed E-state index contributed by atoms with van der Waals surface area (Å²) in [5.74, 6) is 0.749. The van der Waals surface area contributed by atoms with Crippen molar-refractivity contribution in [3.8, 4) is 11.8 Å². The van der Waals surface area contributed by atoms with Crippen LogP contribution in [0.4, 0.5) is 0 Å². The summed E-state index contributed by atoms with van der Waals surface area (Å²) >= 11 is 0. The molecule has 4 nitrogen and oxygen atoms in total. The maximum Gasteiger partial charge on any atom is 0.321 e. The molecule has 0 atom stereocenters. The Balaban J connectivity index is 2.03. The third-order valence-corrected chi connectivity index (χ3v) is 2.47. The zero-order valence-corrected chi connectivity index (χ0v) is 11.6. The molecule has 0 radical (unpaired) electrons. The van der Waals surface area contributed by atoms with Gasteiger partial charge >= 0.3 is 6.01 Å². The van der Waals surface area contributed by atoms with Gasteiger partial charge in [-0.05, 0) is 44.5 Å². The number of benzene rings is 1. The van der Waals surface area contributed by atoms with E-state index in [2.05, 4.69) is 42.1 Å². The monoisotopic (exact) mass is 257 g/mol. The molecule has 0 aliphatic carbocycles. The van der Waals surface area contributed by atoms with Gasteiger partial charge < -0.3 is 10.1 Å². The molecule has 1 aromatic carbocycles. The van der Waals surface area contributed by atoms with Gasteiger partial charge in [-0.15, -0.1) is 0 Å². The maximum atomic E-state index is 5.60. The van der Waals surface area contributed by atoms with Gasteiger partial charge in [0.05, 0.1) is 0 Å². The van der Waals surface area contributed by atoms with Crippen LogP contribution < -0.4 is 10.1 Å². The molecule has 0 spiro atoms. The highest BCUT2D eigenvalue weighted by molar-refractivity contribution is 5.30. The Bertz CT molecular complexity index is 520. The molecular formula is C15H19N3O. The van der Waals surface area contributed by atoms with Crippen LogP contribution in [0.25, 0.3) is 0 Å². The minimum Gasteiger partial charge on any atom is -0.424 e. The van der Waals surface area contributed by atoms with Crippen molar-refractivity contribution in [2.75, 3.05) is 0 Å². The number of hydrogen-bond donors (Lipinski definition) is 1. The lowest BCUT2D eigenvalue weighted by atomic mass is 10.1. The van der Waals surface area contributed by atoms with E-state index in [-0.39, 0.29) is 5.54 Å². The van der Waals surface area contributed by atoms with Crippen molar-refractivity contribution in [1.29, 1.82) is 0 Å². The van der Waals surface area contributed by atoms with E-state index >= 15 is 0 Å². The molecule has 2 rings (SSSR count). The van der Waals surface area contributed by atoms with Crippen LogP contribution in [0.3, 0.4) is 0 Å². The first-order valence-electron chi connectivity index (χ1n) is 6.32. The van der Waals surface area contributed by atoms with E-state index in [0.717, 1.165) is 12.3 Å². The van der Waals surface area contributed by atoms with Gasteiger partial charge in [0.1, 0.15) is 5.75 Å². The van der Waals surface area contributed by atoms with Crippen molar-refractivity contribution in [3.05, 3.63) is 48.3 Å². The molecule has 19 heavy (non-hydrogen) atoms. The predicted molar refractivity (Wildman–Crippen MR) is 75.1 cm³/mol. The molecule has 4 heteroatoms. The number of nitrogens with one attached hydrogen (secondary N) is 1. The minimum atomic E-state index is 0.0966. The molecule has 0 amide bonds. The zero-order valence-electron chi connectivity index (χ0n) is 11.6. The third kappa shape index (κ3) is 4.67. The van der Waals surface area contributed by atoms with Gasteiger partial charge in [0.15, 0.2) is 0 Å². The van der Waals surface area contributed by atoms with Crippen molar-refractivity contribution in [3.63, 3.8) is 0 Å². The first kappa shape index (κ1) is 13.5. The molecule has 0 fully saturated rings. The summed E-state index contributed by atoms with van der Waals surface area (Å²) < 4.78 is 5.60. The Labute approximate surface area is 113 Å². The molecule has 0 bridgehead atoms. The fourth-order valence-electron chi connectivity index (χ4n) is 1.53. The second-order valence-corrected chi connectivity index (χ2v) is 5.38. The molecule has 0 saturated heterocycles. The Morgan fingerprint density at radius 2 is 1.84 bits per heavy atom. The van der Waals surface area contributed by atoms with Gasteiger partial charge in [-0.1, -0.05) is 12.1 Å². The molecule has 0 aliphatic rings. The summed E-state index contributed by atoms with van der Waals surface area (Å²) in [5.41, 5.74) is 1.27. The Morgan fingerprint density at radius 1 is 1.11 bits per heavy atom. The van der Waals surface area contributed by atoms with Gasteiger partial charge in [0.25, 0.3) is 0 Å². The van der Waals surface area contributed by atoms with E-state index < -0.39 is 0 Å². The molecule has 100 valence electrons. The summed E-state index contributed by atoms with van der Waals surface area (Å²) in [7, 11) is 0. The van der Waals surface area contributed by atoms with Crippen LogP contribution in [0.1, 0.15) is 26.3 Å². The average Bonchev–Trinajstić information content (AvgIpc) is 2.37. The largest absolute Gasteiger partial charge is 0.424 e. The van der Waals surface area contributed by atoms with E-state index in [1.165, 1.54) is 5.56 Å². The molecule has 1 heterocycles. The Morgan fingerprint density at radius 3 is 2.53 bits per heavy atom. The van der Waals surface area contributed by atoms with Crippen LogP contribution in [0.5, 0.6) is 11.8 Å². The molecular weight excluding hydrogens is 238 g/mol. The van der Waals surface area contributed by atoms with E-state index in [4.69, 9.17) is 4.74 Å². The van der Waals surface area contributed by atoms with Crippen molar-refractivity contribution < 1.29 is 4.74 Å².